The summed E-state index contributed by atoms with van der Waals surface area (Å²) in [5.41, 5.74) is 3.08. The molecule has 0 saturated heterocycles. The van der Waals surface area contributed by atoms with Crippen LogP contribution < -0.4 is 10.5 Å². The van der Waals surface area contributed by atoms with Gasteiger partial charge in [0.05, 0.1) is 29.7 Å². The van der Waals surface area contributed by atoms with Gasteiger partial charge in [0, 0.05) is 23.1 Å². The van der Waals surface area contributed by atoms with Crippen LogP contribution in [0.15, 0.2) is 77.6 Å². The minimum Gasteiger partial charge on any atom is -0.388 e. The number of para-hydroxylation sites is 1. The second-order valence-corrected chi connectivity index (χ2v) is 9.50. The molecule has 2 N–H and O–H groups in total. The highest BCUT2D eigenvalue weighted by Crippen LogP contribution is 2.34. The lowest BCUT2D eigenvalue weighted by molar-refractivity contribution is -0.122. The molecule has 1 amide bonds. The van der Waals surface area contributed by atoms with Crippen molar-refractivity contribution < 1.29 is 14.6 Å². The van der Waals surface area contributed by atoms with E-state index in [2.05, 4.69) is 10.2 Å². The Morgan fingerprint density at radius 3 is 2.49 bits per heavy atom. The van der Waals surface area contributed by atoms with Crippen molar-refractivity contribution in [3.8, 4) is 11.3 Å². The number of benzene rings is 3. The molecule has 1 aliphatic rings. The van der Waals surface area contributed by atoms with E-state index in [1.807, 2.05) is 66.7 Å². The largest absolute Gasteiger partial charge is 0.388 e. The summed E-state index contributed by atoms with van der Waals surface area (Å²) in [6, 6.07) is 22.8. The summed E-state index contributed by atoms with van der Waals surface area (Å²) in [7, 11) is 0. The Morgan fingerprint density at radius 2 is 1.74 bits per heavy atom. The smallest absolute Gasteiger partial charge is 0.272 e. The van der Waals surface area contributed by atoms with Gasteiger partial charge in [-0.25, -0.2) is 5.10 Å². The molecule has 7 nitrogen and oxygen atoms in total. The molecule has 1 unspecified atom stereocenters. The van der Waals surface area contributed by atoms with E-state index < -0.39 is 11.8 Å². The Morgan fingerprint density at radius 1 is 1.06 bits per heavy atom. The molecule has 7 heteroatoms. The standard InChI is InChI=1S/C28H27N3O4/c1-28(2,34)17-35-25-16-20-7-3-6-10-23(20)31(25)24(32)15-18-11-13-19(14-12-18)26-21-8-4-5-9-22(21)27(33)30-29-26/h3-14,25,34H,15-17H2,1-2H3,(H,30,33). The SMILES string of the molecule is CC(C)(O)COC1Cc2ccccc2N1C(=O)Cc1ccc(-c2n[nH]c(=O)c3ccccc23)cc1. The van der Waals surface area contributed by atoms with Crippen LogP contribution in [0.25, 0.3) is 22.0 Å². The molecule has 1 aliphatic heterocycles. The van der Waals surface area contributed by atoms with Crippen LogP contribution in [0.4, 0.5) is 5.69 Å². The summed E-state index contributed by atoms with van der Waals surface area (Å²) < 4.78 is 5.97. The summed E-state index contributed by atoms with van der Waals surface area (Å²) in [5.74, 6) is -0.0731. The average Bonchev–Trinajstić information content (AvgIpc) is 3.22. The third-order valence-electron chi connectivity index (χ3n) is 6.11. The maximum absolute atomic E-state index is 13.4. The van der Waals surface area contributed by atoms with Crippen LogP contribution in [-0.4, -0.2) is 39.6 Å². The number of nitrogens with one attached hydrogen (secondary N) is 1. The normalized spacial score (nSPS) is 15.4. The molecule has 178 valence electrons. The molecular formula is C28H27N3O4. The van der Waals surface area contributed by atoms with E-state index in [1.54, 1.807) is 24.8 Å². The molecule has 0 spiro atoms. The zero-order valence-corrected chi connectivity index (χ0v) is 19.7. The fourth-order valence-corrected chi connectivity index (χ4v) is 4.46. The Kier molecular flexibility index (Phi) is 5.96. The van der Waals surface area contributed by atoms with Gasteiger partial charge in [0.25, 0.3) is 5.56 Å². The van der Waals surface area contributed by atoms with Crippen molar-refractivity contribution in [3.63, 3.8) is 0 Å². The number of anilines is 1. The minimum absolute atomic E-state index is 0.0731. The maximum Gasteiger partial charge on any atom is 0.272 e. The maximum atomic E-state index is 13.4. The first-order valence-electron chi connectivity index (χ1n) is 11.6. The van der Waals surface area contributed by atoms with E-state index in [0.717, 1.165) is 27.8 Å². The molecule has 5 rings (SSSR count). The third kappa shape index (κ3) is 4.73. The van der Waals surface area contributed by atoms with Gasteiger partial charge in [0.15, 0.2) is 0 Å². The number of hydrogen-bond donors (Lipinski definition) is 2. The fraction of sp³-hybridized carbons (Fsp3) is 0.250. The van der Waals surface area contributed by atoms with Crippen molar-refractivity contribution in [2.24, 2.45) is 0 Å². The second-order valence-electron chi connectivity index (χ2n) is 9.50. The first-order valence-corrected chi connectivity index (χ1v) is 11.6. The van der Waals surface area contributed by atoms with Gasteiger partial charge in [-0.2, -0.15) is 5.10 Å². The number of nitrogens with zero attached hydrogens (tertiary/aromatic N) is 2. The molecule has 4 aromatic rings. The first kappa shape index (κ1) is 23.0. The average molecular weight is 470 g/mol. The second kappa shape index (κ2) is 9.09. The number of amides is 1. The summed E-state index contributed by atoms with van der Waals surface area (Å²) >= 11 is 0. The van der Waals surface area contributed by atoms with Crippen molar-refractivity contribution in [3.05, 3.63) is 94.3 Å². The van der Waals surface area contributed by atoms with Crippen molar-refractivity contribution >= 4 is 22.4 Å². The zero-order chi connectivity index (χ0) is 24.6. The number of aromatic nitrogens is 2. The van der Waals surface area contributed by atoms with Crippen LogP contribution in [0.2, 0.25) is 0 Å². The highest BCUT2D eigenvalue weighted by atomic mass is 16.5. The summed E-state index contributed by atoms with van der Waals surface area (Å²) in [5, 5.41) is 18.3. The van der Waals surface area contributed by atoms with Gasteiger partial charge >= 0.3 is 0 Å². The van der Waals surface area contributed by atoms with Crippen molar-refractivity contribution in [1.82, 2.24) is 10.2 Å². The van der Waals surface area contributed by atoms with Crippen molar-refractivity contribution in [1.29, 1.82) is 0 Å². The van der Waals surface area contributed by atoms with Crippen LogP contribution in [0.1, 0.15) is 25.0 Å². The zero-order valence-electron chi connectivity index (χ0n) is 19.7. The lowest BCUT2D eigenvalue weighted by atomic mass is 10.0. The van der Waals surface area contributed by atoms with Crippen LogP contribution in [0.5, 0.6) is 0 Å². The van der Waals surface area contributed by atoms with Crippen LogP contribution in [0, 0.1) is 0 Å². The highest BCUT2D eigenvalue weighted by Gasteiger charge is 2.35. The molecule has 0 radical (unpaired) electrons. The van der Waals surface area contributed by atoms with E-state index in [4.69, 9.17) is 4.74 Å². The molecular weight excluding hydrogens is 442 g/mol. The van der Waals surface area contributed by atoms with Gasteiger partial charge in [-0.05, 0) is 37.1 Å². The number of fused-ring (bicyclic) bond motifs is 2. The molecule has 0 aliphatic carbocycles. The van der Waals surface area contributed by atoms with Gasteiger partial charge in [-0.1, -0.05) is 60.7 Å². The van der Waals surface area contributed by atoms with Gasteiger partial charge in [0.1, 0.15) is 6.23 Å². The number of aliphatic hydroxyl groups is 1. The number of rotatable bonds is 6. The highest BCUT2D eigenvalue weighted by molar-refractivity contribution is 5.97. The van der Waals surface area contributed by atoms with Crippen LogP contribution in [0.3, 0.4) is 0 Å². The first-order chi connectivity index (χ1) is 16.8. The predicted octanol–water partition coefficient (Wildman–Crippen LogP) is 3.84. The molecule has 1 aromatic heterocycles. The number of aromatic amines is 1. The Balaban J connectivity index is 1.38. The lowest BCUT2D eigenvalue weighted by Gasteiger charge is -2.28. The summed E-state index contributed by atoms with van der Waals surface area (Å²) in [4.78, 5) is 27.2. The molecule has 0 saturated carbocycles. The van der Waals surface area contributed by atoms with Gasteiger partial charge in [-0.15, -0.1) is 0 Å². The minimum atomic E-state index is -0.987. The van der Waals surface area contributed by atoms with E-state index >= 15 is 0 Å². The summed E-state index contributed by atoms with van der Waals surface area (Å²) in [6.45, 7) is 3.50. The molecule has 0 bridgehead atoms. The molecule has 0 fully saturated rings. The lowest BCUT2D eigenvalue weighted by Crippen LogP contribution is -2.42. The molecule has 35 heavy (non-hydrogen) atoms. The fourth-order valence-electron chi connectivity index (χ4n) is 4.46. The van der Waals surface area contributed by atoms with Gasteiger partial charge < -0.3 is 9.84 Å². The number of carbonyl (C=O) groups excluding carboxylic acids is 1. The monoisotopic (exact) mass is 469 g/mol. The Labute approximate surface area is 203 Å². The van der Waals surface area contributed by atoms with E-state index in [0.29, 0.717) is 17.5 Å². The van der Waals surface area contributed by atoms with E-state index in [9.17, 15) is 14.7 Å². The number of H-pyrrole nitrogens is 1. The van der Waals surface area contributed by atoms with Crippen LogP contribution in [-0.2, 0) is 22.4 Å². The van der Waals surface area contributed by atoms with Gasteiger partial charge in [0.2, 0.25) is 5.91 Å². The van der Waals surface area contributed by atoms with Crippen molar-refractivity contribution in [2.45, 2.75) is 38.5 Å². The molecule has 3 aromatic carbocycles. The molecule has 1 atom stereocenters. The third-order valence-corrected chi connectivity index (χ3v) is 6.11. The number of ether oxygens (including phenoxy) is 1. The predicted molar refractivity (Wildman–Crippen MR) is 135 cm³/mol. The van der Waals surface area contributed by atoms with E-state index in [1.165, 1.54) is 0 Å². The van der Waals surface area contributed by atoms with Crippen LogP contribution >= 0.6 is 0 Å². The van der Waals surface area contributed by atoms with Gasteiger partial charge in [-0.3, -0.25) is 14.5 Å². The van der Waals surface area contributed by atoms with E-state index in [-0.39, 0.29) is 24.5 Å². The van der Waals surface area contributed by atoms with Crippen molar-refractivity contribution in [2.75, 3.05) is 11.5 Å². The summed E-state index contributed by atoms with van der Waals surface area (Å²) in [6.07, 6.45) is 0.334. The Hall–Kier alpha value is -3.81. The topological polar surface area (TPSA) is 95.5 Å². The quantitative estimate of drug-likeness (QED) is 0.447. The number of hydrogen-bond acceptors (Lipinski definition) is 5. The number of carbonyl (C=O) groups is 1. The Bertz CT molecular complexity index is 1440. The molecule has 2 heterocycles.